The van der Waals surface area contributed by atoms with Gasteiger partial charge in [-0.3, -0.25) is 19.7 Å². The van der Waals surface area contributed by atoms with Gasteiger partial charge in [-0.15, -0.1) is 0 Å². The van der Waals surface area contributed by atoms with E-state index in [1.165, 1.54) is 24.3 Å². The van der Waals surface area contributed by atoms with Crippen LogP contribution < -0.4 is 16.6 Å². The normalized spacial score (nSPS) is 10.0. The van der Waals surface area contributed by atoms with Gasteiger partial charge in [-0.2, -0.15) is 5.10 Å². The number of nitrogens with two attached hydrogens (primary N) is 1. The van der Waals surface area contributed by atoms with Gasteiger partial charge in [0.25, 0.3) is 17.2 Å². The van der Waals surface area contributed by atoms with Crippen molar-refractivity contribution in [2.75, 3.05) is 11.1 Å². The van der Waals surface area contributed by atoms with E-state index in [-0.39, 0.29) is 22.8 Å². The van der Waals surface area contributed by atoms with Crippen molar-refractivity contribution in [1.29, 1.82) is 0 Å². The van der Waals surface area contributed by atoms with Gasteiger partial charge in [-0.25, -0.2) is 5.10 Å². The molecule has 2 aromatic rings. The molecule has 0 aliphatic rings. The maximum atomic E-state index is 11.9. The van der Waals surface area contributed by atoms with E-state index < -0.39 is 16.4 Å². The van der Waals surface area contributed by atoms with E-state index in [0.29, 0.717) is 0 Å². The van der Waals surface area contributed by atoms with E-state index in [0.717, 1.165) is 6.07 Å². The van der Waals surface area contributed by atoms with Gasteiger partial charge in [0.1, 0.15) is 5.69 Å². The number of anilines is 2. The number of carbonyl (C=O) groups is 1. The highest BCUT2D eigenvalue weighted by atomic mass is 16.6. The third-order valence-electron chi connectivity index (χ3n) is 2.41. The smallest absolute Gasteiger partial charge is 0.292 e. The summed E-state index contributed by atoms with van der Waals surface area (Å²) in [5.74, 6) is -0.405. The second kappa shape index (κ2) is 5.18. The third kappa shape index (κ3) is 2.77. The summed E-state index contributed by atoms with van der Waals surface area (Å²) in [5, 5.41) is 18.8. The number of benzene rings is 1. The Balaban J connectivity index is 2.21. The second-order valence-electron chi connectivity index (χ2n) is 3.79. The molecular weight excluding hydrogens is 266 g/mol. The molecule has 9 heteroatoms. The lowest BCUT2D eigenvalue weighted by molar-refractivity contribution is -0.383. The number of hydrogen-bond donors (Lipinski definition) is 3. The zero-order valence-electron chi connectivity index (χ0n) is 9.99. The molecule has 4 N–H and O–H groups in total. The molecule has 0 atom stereocenters. The first-order valence-corrected chi connectivity index (χ1v) is 5.38. The van der Waals surface area contributed by atoms with Crippen molar-refractivity contribution in [3.8, 4) is 0 Å². The molecular formula is C11H9N5O4. The minimum Gasteiger partial charge on any atom is -0.393 e. The van der Waals surface area contributed by atoms with E-state index in [1.807, 2.05) is 0 Å². The Kier molecular flexibility index (Phi) is 3.42. The number of rotatable bonds is 3. The van der Waals surface area contributed by atoms with Gasteiger partial charge < -0.3 is 11.1 Å². The maximum Gasteiger partial charge on any atom is 0.292 e. The number of carbonyl (C=O) groups excluding carboxylic acids is 1. The van der Waals surface area contributed by atoms with E-state index in [9.17, 15) is 19.7 Å². The van der Waals surface area contributed by atoms with Crippen LogP contribution in [0.5, 0.6) is 0 Å². The topological polar surface area (TPSA) is 144 Å². The van der Waals surface area contributed by atoms with Gasteiger partial charge in [0.15, 0.2) is 5.82 Å². The van der Waals surface area contributed by atoms with E-state index in [2.05, 4.69) is 15.5 Å². The molecule has 0 saturated carbocycles. The summed E-state index contributed by atoms with van der Waals surface area (Å²) >= 11 is 0. The zero-order valence-corrected chi connectivity index (χ0v) is 9.99. The van der Waals surface area contributed by atoms with Gasteiger partial charge in [0.05, 0.1) is 4.92 Å². The lowest BCUT2D eigenvalue weighted by Gasteiger charge is -2.04. The standard InChI is InChI=1S/C11H9N5O4/c12-7-5-6(1-2-8(7)16(19)20)11(18)13-9-3-4-10(17)15-14-9/h1-5H,12H2,(H,15,17)(H,13,14,18). The summed E-state index contributed by atoms with van der Waals surface area (Å²) in [6, 6.07) is 6.14. The van der Waals surface area contributed by atoms with Gasteiger partial charge in [-0.05, 0) is 18.2 Å². The Morgan fingerprint density at radius 3 is 2.65 bits per heavy atom. The van der Waals surface area contributed by atoms with Gasteiger partial charge in [0.2, 0.25) is 0 Å². The Morgan fingerprint density at radius 1 is 1.35 bits per heavy atom. The van der Waals surface area contributed by atoms with E-state index in [4.69, 9.17) is 5.73 Å². The van der Waals surface area contributed by atoms with Crippen molar-refractivity contribution >= 4 is 23.1 Å². The van der Waals surface area contributed by atoms with Crippen molar-refractivity contribution in [3.05, 3.63) is 56.4 Å². The summed E-state index contributed by atoms with van der Waals surface area (Å²) in [6.07, 6.45) is 0. The summed E-state index contributed by atoms with van der Waals surface area (Å²) < 4.78 is 0. The lowest BCUT2D eigenvalue weighted by Crippen LogP contribution is -2.16. The number of aromatic nitrogens is 2. The van der Waals surface area contributed by atoms with Crippen LogP contribution >= 0.6 is 0 Å². The third-order valence-corrected chi connectivity index (χ3v) is 2.41. The van der Waals surface area contributed by atoms with Crippen molar-refractivity contribution in [2.45, 2.75) is 0 Å². The van der Waals surface area contributed by atoms with Crippen LogP contribution in [0.1, 0.15) is 10.4 Å². The van der Waals surface area contributed by atoms with Crippen molar-refractivity contribution < 1.29 is 9.72 Å². The number of nitrogen functional groups attached to an aromatic ring is 1. The highest BCUT2D eigenvalue weighted by Crippen LogP contribution is 2.22. The zero-order chi connectivity index (χ0) is 14.7. The summed E-state index contributed by atoms with van der Waals surface area (Å²) in [4.78, 5) is 32.6. The van der Waals surface area contributed by atoms with Crippen LogP contribution in [0.3, 0.4) is 0 Å². The highest BCUT2D eigenvalue weighted by molar-refractivity contribution is 6.04. The Hall–Kier alpha value is -3.23. The van der Waals surface area contributed by atoms with Crippen LogP contribution in [0, 0.1) is 10.1 Å². The molecule has 1 heterocycles. The van der Waals surface area contributed by atoms with Crippen LogP contribution in [0.15, 0.2) is 35.1 Å². The van der Waals surface area contributed by atoms with Crippen LogP contribution in [0.25, 0.3) is 0 Å². The number of aromatic amines is 1. The molecule has 0 saturated heterocycles. The molecule has 0 fully saturated rings. The van der Waals surface area contributed by atoms with E-state index >= 15 is 0 Å². The number of H-pyrrole nitrogens is 1. The Labute approximate surface area is 111 Å². The minimum absolute atomic E-state index is 0.114. The molecule has 102 valence electrons. The fourth-order valence-corrected chi connectivity index (χ4v) is 1.46. The molecule has 0 bridgehead atoms. The van der Waals surface area contributed by atoms with Crippen molar-refractivity contribution in [3.63, 3.8) is 0 Å². The van der Waals surface area contributed by atoms with Crippen LogP contribution in [0.2, 0.25) is 0 Å². The molecule has 0 radical (unpaired) electrons. The predicted octanol–water partition coefficient (Wildman–Crippen LogP) is 0.513. The van der Waals surface area contributed by atoms with Crippen molar-refractivity contribution in [1.82, 2.24) is 10.2 Å². The number of nitro benzene ring substituents is 1. The van der Waals surface area contributed by atoms with Gasteiger partial charge in [-0.1, -0.05) is 0 Å². The van der Waals surface area contributed by atoms with Gasteiger partial charge in [0, 0.05) is 17.7 Å². The molecule has 9 nitrogen and oxygen atoms in total. The largest absolute Gasteiger partial charge is 0.393 e. The molecule has 2 rings (SSSR count). The number of nitrogens with one attached hydrogen (secondary N) is 2. The average molecular weight is 275 g/mol. The van der Waals surface area contributed by atoms with E-state index in [1.54, 1.807) is 0 Å². The quantitative estimate of drug-likeness (QED) is 0.423. The summed E-state index contributed by atoms with van der Waals surface area (Å²) in [6.45, 7) is 0. The number of hydrogen-bond acceptors (Lipinski definition) is 6. The fourth-order valence-electron chi connectivity index (χ4n) is 1.46. The van der Waals surface area contributed by atoms with Crippen LogP contribution in [-0.4, -0.2) is 21.0 Å². The monoisotopic (exact) mass is 275 g/mol. The number of nitro groups is 1. The molecule has 0 spiro atoms. The average Bonchev–Trinajstić information content (AvgIpc) is 2.40. The molecule has 0 aliphatic carbocycles. The minimum atomic E-state index is -0.638. The predicted molar refractivity (Wildman–Crippen MR) is 70.3 cm³/mol. The lowest BCUT2D eigenvalue weighted by atomic mass is 10.1. The molecule has 20 heavy (non-hydrogen) atoms. The highest BCUT2D eigenvalue weighted by Gasteiger charge is 2.14. The first kappa shape index (κ1) is 13.2. The SMILES string of the molecule is Nc1cc(C(=O)Nc2ccc(=O)[nH]n2)ccc1[N+](=O)[O-]. The molecule has 1 aromatic heterocycles. The van der Waals surface area contributed by atoms with Crippen LogP contribution in [0.4, 0.5) is 17.2 Å². The maximum absolute atomic E-state index is 11.9. The second-order valence-corrected chi connectivity index (χ2v) is 3.79. The number of nitrogens with zero attached hydrogens (tertiary/aromatic N) is 2. The molecule has 1 amide bonds. The summed E-state index contributed by atoms with van der Waals surface area (Å²) in [7, 11) is 0. The Morgan fingerprint density at radius 2 is 2.10 bits per heavy atom. The van der Waals surface area contributed by atoms with Gasteiger partial charge >= 0.3 is 0 Å². The fraction of sp³-hybridized carbons (Fsp3) is 0. The molecule has 0 unspecified atom stereocenters. The number of amides is 1. The molecule has 0 aliphatic heterocycles. The molecule has 1 aromatic carbocycles. The van der Waals surface area contributed by atoms with Crippen molar-refractivity contribution in [2.24, 2.45) is 0 Å². The Bertz CT molecular complexity index is 719. The van der Waals surface area contributed by atoms with Crippen LogP contribution in [-0.2, 0) is 0 Å². The first-order chi connectivity index (χ1) is 9.47. The summed E-state index contributed by atoms with van der Waals surface area (Å²) in [5.41, 5.74) is 4.84. The first-order valence-electron chi connectivity index (χ1n) is 5.38.